The Balaban J connectivity index is 1.59. The minimum absolute atomic E-state index is 0.0436. The van der Waals surface area contributed by atoms with E-state index in [9.17, 15) is 14.6 Å². The van der Waals surface area contributed by atoms with E-state index >= 15 is 8.78 Å². The fourth-order valence-electron chi connectivity index (χ4n) is 5.29. The zero-order valence-electron chi connectivity index (χ0n) is 19.8. The summed E-state index contributed by atoms with van der Waals surface area (Å²) >= 11 is 5.72. The van der Waals surface area contributed by atoms with Crippen LogP contribution in [0.1, 0.15) is 49.1 Å². The van der Waals surface area contributed by atoms with E-state index in [1.165, 1.54) is 24.3 Å². The molecule has 4 N–H and O–H groups in total. The number of aromatic nitrogens is 3. The molecule has 0 radical (unpaired) electrons. The van der Waals surface area contributed by atoms with E-state index in [4.69, 9.17) is 22.3 Å². The summed E-state index contributed by atoms with van der Waals surface area (Å²) in [5.41, 5.74) is 6.68. The van der Waals surface area contributed by atoms with Crippen LogP contribution in [0, 0.1) is 5.82 Å². The highest BCUT2D eigenvalue weighted by Gasteiger charge is 2.40. The van der Waals surface area contributed by atoms with Crippen LogP contribution < -0.4 is 5.73 Å². The Labute approximate surface area is 216 Å². The second-order valence-electron chi connectivity index (χ2n) is 9.58. The van der Waals surface area contributed by atoms with Crippen LogP contribution >= 0.6 is 11.6 Å². The van der Waals surface area contributed by atoms with Crippen molar-refractivity contribution in [2.75, 3.05) is 12.3 Å². The number of aliphatic hydroxyl groups excluding tert-OH is 2. The lowest BCUT2D eigenvalue weighted by Gasteiger charge is -2.37. The molecule has 37 heavy (non-hydrogen) atoms. The molecular formula is C27H26ClF3N4O2. The predicted octanol–water partition coefficient (Wildman–Crippen LogP) is 5.47. The van der Waals surface area contributed by atoms with Crippen LogP contribution in [0.25, 0.3) is 16.8 Å². The largest absolute Gasteiger partial charge is 0.396 e. The second-order valence-corrected chi connectivity index (χ2v) is 9.99. The van der Waals surface area contributed by atoms with Gasteiger partial charge in [-0.15, -0.1) is 0 Å². The fourth-order valence-corrected chi connectivity index (χ4v) is 5.47. The molecule has 5 rings (SSSR count). The maximum Gasteiger partial charge on any atom is 0.298 e. The van der Waals surface area contributed by atoms with Crippen LogP contribution in [0.3, 0.4) is 0 Å². The number of imidazole rings is 1. The average Bonchev–Trinajstić information content (AvgIpc) is 3.29. The number of hydrogen-bond donors (Lipinski definition) is 3. The molecule has 2 heterocycles. The Morgan fingerprint density at radius 1 is 1.11 bits per heavy atom. The minimum atomic E-state index is -3.40. The summed E-state index contributed by atoms with van der Waals surface area (Å²) in [5, 5.41) is 19.6. The van der Waals surface area contributed by atoms with Gasteiger partial charge in [0, 0.05) is 41.1 Å². The van der Waals surface area contributed by atoms with E-state index < -0.39 is 28.8 Å². The molecule has 1 aliphatic rings. The summed E-state index contributed by atoms with van der Waals surface area (Å²) < 4.78 is 45.7. The molecule has 0 saturated heterocycles. The van der Waals surface area contributed by atoms with Gasteiger partial charge in [0.25, 0.3) is 5.92 Å². The van der Waals surface area contributed by atoms with Crippen molar-refractivity contribution in [1.82, 2.24) is 14.4 Å². The lowest BCUT2D eigenvalue weighted by molar-refractivity contribution is 0.0428. The van der Waals surface area contributed by atoms with E-state index in [-0.39, 0.29) is 23.0 Å². The highest BCUT2D eigenvalue weighted by Crippen LogP contribution is 2.44. The maximum atomic E-state index is 15.2. The van der Waals surface area contributed by atoms with Gasteiger partial charge in [0.15, 0.2) is 0 Å². The molecule has 194 valence electrons. The first kappa shape index (κ1) is 25.5. The van der Waals surface area contributed by atoms with Crippen molar-refractivity contribution in [3.63, 3.8) is 0 Å². The molecule has 0 spiro atoms. The number of benzene rings is 2. The van der Waals surface area contributed by atoms with E-state index in [0.29, 0.717) is 54.7 Å². The van der Waals surface area contributed by atoms with Gasteiger partial charge in [-0.1, -0.05) is 35.9 Å². The number of fused-ring (bicyclic) bond motifs is 1. The van der Waals surface area contributed by atoms with Crippen LogP contribution in [-0.2, 0) is 11.3 Å². The summed E-state index contributed by atoms with van der Waals surface area (Å²) in [6.07, 6.45) is 5.84. The van der Waals surface area contributed by atoms with Crippen LogP contribution in [-0.4, -0.2) is 37.3 Å². The van der Waals surface area contributed by atoms with Gasteiger partial charge in [0.2, 0.25) is 0 Å². The Kier molecular flexibility index (Phi) is 6.64. The smallest absolute Gasteiger partial charge is 0.298 e. The van der Waals surface area contributed by atoms with Crippen molar-refractivity contribution in [3.05, 3.63) is 82.6 Å². The number of alkyl halides is 2. The van der Waals surface area contributed by atoms with Crippen molar-refractivity contribution in [1.29, 1.82) is 0 Å². The van der Waals surface area contributed by atoms with Gasteiger partial charge >= 0.3 is 0 Å². The van der Waals surface area contributed by atoms with Crippen molar-refractivity contribution < 1.29 is 23.4 Å². The molecule has 4 aromatic rings. The standard InChI is InChI=1S/C27H26ClF3N4O2/c28-20-15-18(5-6-21(20)29)27(30,31)17-3-1-16(2-4-17)22-23-24(32)33-12-13-35(23)25(34-22)26(11-14-36)9-7-19(37)8-10-26/h1-6,12-13,15,19,36-37H,7-11,14H2,(H2,32,33). The summed E-state index contributed by atoms with van der Waals surface area (Å²) in [5.74, 6) is -3.23. The Morgan fingerprint density at radius 2 is 1.78 bits per heavy atom. The number of hydrogen-bond acceptors (Lipinski definition) is 5. The molecule has 2 aromatic heterocycles. The molecule has 0 bridgehead atoms. The number of aliphatic hydroxyl groups is 2. The van der Waals surface area contributed by atoms with Crippen LogP contribution in [0.15, 0.2) is 54.9 Å². The number of nitrogen functional groups attached to an aromatic ring is 1. The number of nitrogens with two attached hydrogens (primary N) is 1. The predicted molar refractivity (Wildman–Crippen MR) is 135 cm³/mol. The lowest BCUT2D eigenvalue weighted by Crippen LogP contribution is -2.36. The highest BCUT2D eigenvalue weighted by molar-refractivity contribution is 6.30. The highest BCUT2D eigenvalue weighted by atomic mass is 35.5. The third kappa shape index (κ3) is 4.45. The molecule has 0 atom stereocenters. The first-order valence-electron chi connectivity index (χ1n) is 12.0. The minimum Gasteiger partial charge on any atom is -0.396 e. The monoisotopic (exact) mass is 530 g/mol. The van der Waals surface area contributed by atoms with Crippen LogP contribution in [0.5, 0.6) is 0 Å². The molecule has 1 aliphatic carbocycles. The second kappa shape index (κ2) is 9.63. The molecule has 10 heteroatoms. The quantitative estimate of drug-likeness (QED) is 0.307. The Hall–Kier alpha value is -3.14. The fraction of sp³-hybridized carbons (Fsp3) is 0.333. The third-order valence-electron chi connectivity index (χ3n) is 7.36. The van der Waals surface area contributed by atoms with Crippen molar-refractivity contribution >= 4 is 22.9 Å². The van der Waals surface area contributed by atoms with Crippen molar-refractivity contribution in [2.24, 2.45) is 0 Å². The molecule has 1 fully saturated rings. The zero-order valence-corrected chi connectivity index (χ0v) is 20.6. The van der Waals surface area contributed by atoms with Gasteiger partial charge in [-0.3, -0.25) is 4.40 Å². The molecule has 1 saturated carbocycles. The van der Waals surface area contributed by atoms with Gasteiger partial charge in [-0.25, -0.2) is 14.4 Å². The zero-order chi connectivity index (χ0) is 26.4. The molecular weight excluding hydrogens is 505 g/mol. The Bertz CT molecular complexity index is 1430. The number of nitrogens with zero attached hydrogens (tertiary/aromatic N) is 3. The molecule has 2 aromatic carbocycles. The normalized spacial score (nSPS) is 20.4. The van der Waals surface area contributed by atoms with Gasteiger partial charge in [0.1, 0.15) is 28.7 Å². The van der Waals surface area contributed by atoms with Crippen molar-refractivity contribution in [3.8, 4) is 11.3 Å². The van der Waals surface area contributed by atoms with Gasteiger partial charge in [-0.05, 0) is 50.3 Å². The third-order valence-corrected chi connectivity index (χ3v) is 7.65. The first-order chi connectivity index (χ1) is 17.7. The maximum absolute atomic E-state index is 15.2. The first-order valence-corrected chi connectivity index (χ1v) is 12.4. The van der Waals surface area contributed by atoms with E-state index in [2.05, 4.69) is 4.98 Å². The molecule has 0 amide bonds. The summed E-state index contributed by atoms with van der Waals surface area (Å²) in [4.78, 5) is 9.14. The summed E-state index contributed by atoms with van der Waals surface area (Å²) in [6, 6.07) is 8.52. The number of rotatable bonds is 6. The van der Waals surface area contributed by atoms with Gasteiger partial charge < -0.3 is 15.9 Å². The van der Waals surface area contributed by atoms with E-state index in [1.54, 1.807) is 12.4 Å². The van der Waals surface area contributed by atoms with Gasteiger partial charge in [-0.2, -0.15) is 8.78 Å². The molecule has 0 aliphatic heterocycles. The topological polar surface area (TPSA) is 96.7 Å². The van der Waals surface area contributed by atoms with Crippen molar-refractivity contribution in [2.45, 2.75) is 49.5 Å². The lowest BCUT2D eigenvalue weighted by atomic mass is 9.70. The van der Waals surface area contributed by atoms with Crippen LogP contribution in [0.4, 0.5) is 19.0 Å². The van der Waals surface area contributed by atoms with Gasteiger partial charge in [0.05, 0.1) is 11.1 Å². The molecule has 0 unspecified atom stereocenters. The van der Waals surface area contributed by atoms with E-state index in [1.807, 2.05) is 4.40 Å². The Morgan fingerprint density at radius 3 is 2.43 bits per heavy atom. The number of halogens is 4. The number of anilines is 1. The van der Waals surface area contributed by atoms with Crippen LogP contribution in [0.2, 0.25) is 5.02 Å². The molecule has 6 nitrogen and oxygen atoms in total. The summed E-state index contributed by atoms with van der Waals surface area (Å²) in [7, 11) is 0. The SMILES string of the molecule is Nc1nccn2c(C3(CCO)CCC(O)CC3)nc(-c3ccc(C(F)(F)c4ccc(F)c(Cl)c4)cc3)c12. The van der Waals surface area contributed by atoms with E-state index in [0.717, 1.165) is 18.2 Å². The average molecular weight is 531 g/mol. The summed E-state index contributed by atoms with van der Waals surface area (Å²) in [6.45, 7) is -0.0436.